The molecule has 0 bridgehead atoms. The molecule has 0 aliphatic heterocycles. The van der Waals surface area contributed by atoms with Crippen LogP contribution in [0.15, 0.2) is 77.7 Å². The number of amides is 1. The van der Waals surface area contributed by atoms with E-state index in [4.69, 9.17) is 4.74 Å². The highest BCUT2D eigenvalue weighted by molar-refractivity contribution is 7.92. The molecule has 0 fully saturated rings. The normalized spacial score (nSPS) is 11.0. The Bertz CT molecular complexity index is 1260. The van der Waals surface area contributed by atoms with Crippen molar-refractivity contribution in [3.63, 3.8) is 0 Å². The molecule has 9 heteroatoms. The zero-order chi connectivity index (χ0) is 24.7. The number of carbonyl (C=O) groups is 2. The Morgan fingerprint density at radius 3 is 2.35 bits per heavy atom. The van der Waals surface area contributed by atoms with Crippen LogP contribution in [0.3, 0.4) is 0 Å². The van der Waals surface area contributed by atoms with E-state index in [0.29, 0.717) is 18.7 Å². The minimum absolute atomic E-state index is 0.0116. The molecule has 0 saturated carbocycles. The van der Waals surface area contributed by atoms with Gasteiger partial charge in [-0.15, -0.1) is 0 Å². The second-order valence-corrected chi connectivity index (χ2v) is 9.61. The first-order chi connectivity index (χ1) is 16.2. The molecule has 0 saturated heterocycles. The summed E-state index contributed by atoms with van der Waals surface area (Å²) in [5, 5.41) is 2.61. The lowest BCUT2D eigenvalue weighted by atomic mass is 10.1. The number of aryl methyl sites for hydroxylation is 1. The number of benzene rings is 3. The maximum atomic E-state index is 13.0. The highest BCUT2D eigenvalue weighted by atomic mass is 32.2. The number of halogens is 1. The van der Waals surface area contributed by atoms with Crippen LogP contribution in [0.4, 0.5) is 10.1 Å². The number of rotatable bonds is 9. The van der Waals surface area contributed by atoms with Crippen molar-refractivity contribution in [2.45, 2.75) is 18.2 Å². The van der Waals surface area contributed by atoms with Gasteiger partial charge in [0.25, 0.3) is 15.9 Å². The maximum absolute atomic E-state index is 13.0. The van der Waals surface area contributed by atoms with Gasteiger partial charge in [0.2, 0.25) is 0 Å². The molecule has 0 aliphatic carbocycles. The van der Waals surface area contributed by atoms with Crippen molar-refractivity contribution in [1.29, 1.82) is 0 Å². The van der Waals surface area contributed by atoms with Crippen molar-refractivity contribution in [2.24, 2.45) is 0 Å². The van der Waals surface area contributed by atoms with E-state index in [0.717, 1.165) is 15.4 Å². The van der Waals surface area contributed by atoms with E-state index in [2.05, 4.69) is 5.32 Å². The number of anilines is 1. The summed E-state index contributed by atoms with van der Waals surface area (Å²) < 4.78 is 45.1. The lowest BCUT2D eigenvalue weighted by molar-refractivity contribution is -0.124. The monoisotopic (exact) mass is 484 g/mol. The van der Waals surface area contributed by atoms with Gasteiger partial charge in [-0.25, -0.2) is 17.6 Å². The van der Waals surface area contributed by atoms with Crippen molar-refractivity contribution in [3.05, 3.63) is 95.3 Å². The van der Waals surface area contributed by atoms with Gasteiger partial charge in [-0.3, -0.25) is 9.10 Å². The van der Waals surface area contributed by atoms with Gasteiger partial charge in [-0.05, 0) is 61.4 Å². The molecule has 34 heavy (non-hydrogen) atoms. The van der Waals surface area contributed by atoms with E-state index >= 15 is 0 Å². The average molecular weight is 485 g/mol. The number of esters is 1. The van der Waals surface area contributed by atoms with Crippen molar-refractivity contribution >= 4 is 27.6 Å². The van der Waals surface area contributed by atoms with Crippen molar-refractivity contribution in [3.8, 4) is 0 Å². The largest absolute Gasteiger partial charge is 0.452 e. The van der Waals surface area contributed by atoms with Crippen LogP contribution in [0.25, 0.3) is 0 Å². The third-order valence-corrected chi connectivity index (χ3v) is 6.89. The quantitative estimate of drug-likeness (QED) is 0.470. The van der Waals surface area contributed by atoms with E-state index in [1.807, 2.05) is 6.92 Å². The lowest BCUT2D eigenvalue weighted by Crippen LogP contribution is -2.30. The molecule has 0 spiro atoms. The predicted molar refractivity (Wildman–Crippen MR) is 127 cm³/mol. The standard InChI is InChI=1S/C25H25FN2O5S/c1-18-6-12-22(13-7-18)28(2)34(31,32)23-5-3-4-20(16-23)25(30)33-17-24(29)27-15-14-19-8-10-21(26)11-9-19/h3-13,16H,14-15,17H2,1-2H3,(H,27,29). The summed E-state index contributed by atoms with van der Waals surface area (Å²) in [5.41, 5.74) is 2.35. The second kappa shape index (κ2) is 10.9. The summed E-state index contributed by atoms with van der Waals surface area (Å²) in [4.78, 5) is 24.3. The summed E-state index contributed by atoms with van der Waals surface area (Å²) in [6.45, 7) is 1.68. The maximum Gasteiger partial charge on any atom is 0.338 e. The minimum Gasteiger partial charge on any atom is -0.452 e. The van der Waals surface area contributed by atoms with Gasteiger partial charge in [0.15, 0.2) is 6.61 Å². The summed E-state index contributed by atoms with van der Waals surface area (Å²) in [6, 6.07) is 18.4. The Morgan fingerprint density at radius 1 is 1.00 bits per heavy atom. The molecule has 3 aromatic carbocycles. The average Bonchev–Trinajstić information content (AvgIpc) is 2.84. The SMILES string of the molecule is Cc1ccc(N(C)S(=O)(=O)c2cccc(C(=O)OCC(=O)NCCc3ccc(F)cc3)c2)cc1. The number of nitrogens with one attached hydrogen (secondary N) is 1. The van der Waals surface area contributed by atoms with E-state index in [-0.39, 0.29) is 16.3 Å². The van der Waals surface area contributed by atoms with Gasteiger partial charge < -0.3 is 10.1 Å². The predicted octanol–water partition coefficient (Wildman–Crippen LogP) is 3.47. The van der Waals surface area contributed by atoms with Crippen LogP contribution in [-0.4, -0.2) is 40.5 Å². The number of nitrogens with zero attached hydrogens (tertiary/aromatic N) is 1. The van der Waals surface area contributed by atoms with Crippen LogP contribution >= 0.6 is 0 Å². The Labute approximate surface area is 198 Å². The number of hydrogen-bond donors (Lipinski definition) is 1. The third-order valence-electron chi connectivity index (χ3n) is 5.11. The van der Waals surface area contributed by atoms with E-state index in [1.54, 1.807) is 36.4 Å². The van der Waals surface area contributed by atoms with Gasteiger partial charge in [0.1, 0.15) is 5.82 Å². The van der Waals surface area contributed by atoms with Gasteiger partial charge in [-0.1, -0.05) is 35.9 Å². The molecule has 7 nitrogen and oxygen atoms in total. The summed E-state index contributed by atoms with van der Waals surface area (Å²) in [5.74, 6) is -1.65. The molecule has 3 aromatic rings. The van der Waals surface area contributed by atoms with E-state index < -0.39 is 28.5 Å². The number of sulfonamides is 1. The minimum atomic E-state index is -3.91. The van der Waals surface area contributed by atoms with Gasteiger partial charge >= 0.3 is 5.97 Å². The van der Waals surface area contributed by atoms with Crippen LogP contribution in [0.5, 0.6) is 0 Å². The fourth-order valence-electron chi connectivity index (χ4n) is 3.10. The molecule has 1 N–H and O–H groups in total. The third kappa shape index (κ3) is 6.41. The molecule has 0 heterocycles. The van der Waals surface area contributed by atoms with Crippen LogP contribution in [-0.2, 0) is 26.0 Å². The molecule has 0 radical (unpaired) electrons. The van der Waals surface area contributed by atoms with Crippen LogP contribution < -0.4 is 9.62 Å². The first kappa shape index (κ1) is 24.9. The van der Waals surface area contributed by atoms with E-state index in [9.17, 15) is 22.4 Å². The molecule has 0 aromatic heterocycles. The molecule has 3 rings (SSSR count). The van der Waals surface area contributed by atoms with Crippen LogP contribution in [0.1, 0.15) is 21.5 Å². The smallest absolute Gasteiger partial charge is 0.338 e. The molecule has 0 unspecified atom stereocenters. The molecule has 178 valence electrons. The molecular weight excluding hydrogens is 459 g/mol. The highest BCUT2D eigenvalue weighted by Gasteiger charge is 2.23. The van der Waals surface area contributed by atoms with Crippen molar-refractivity contribution < 1.29 is 27.1 Å². The fourth-order valence-corrected chi connectivity index (χ4v) is 4.34. The van der Waals surface area contributed by atoms with Crippen molar-refractivity contribution in [1.82, 2.24) is 5.32 Å². The van der Waals surface area contributed by atoms with Crippen LogP contribution in [0, 0.1) is 12.7 Å². The first-order valence-corrected chi connectivity index (χ1v) is 11.9. The zero-order valence-corrected chi connectivity index (χ0v) is 19.6. The molecule has 0 atom stereocenters. The summed E-state index contributed by atoms with van der Waals surface area (Å²) in [6.07, 6.45) is 0.494. The fraction of sp³-hybridized carbons (Fsp3) is 0.200. The van der Waals surface area contributed by atoms with Crippen molar-refractivity contribution in [2.75, 3.05) is 24.5 Å². The summed E-state index contributed by atoms with van der Waals surface area (Å²) >= 11 is 0. The molecule has 0 aliphatic rings. The Hall–Kier alpha value is -3.72. The topological polar surface area (TPSA) is 92.8 Å². The first-order valence-electron chi connectivity index (χ1n) is 10.5. The zero-order valence-electron chi connectivity index (χ0n) is 18.8. The molecule has 1 amide bonds. The molecular formula is C25H25FN2O5S. The highest BCUT2D eigenvalue weighted by Crippen LogP contribution is 2.23. The Morgan fingerprint density at radius 2 is 1.68 bits per heavy atom. The van der Waals surface area contributed by atoms with Gasteiger partial charge in [0, 0.05) is 13.6 Å². The van der Waals surface area contributed by atoms with Gasteiger partial charge in [-0.2, -0.15) is 0 Å². The van der Waals surface area contributed by atoms with E-state index in [1.165, 1.54) is 43.4 Å². The number of carbonyl (C=O) groups excluding carboxylic acids is 2. The Balaban J connectivity index is 1.56. The van der Waals surface area contributed by atoms with Crippen LogP contribution in [0.2, 0.25) is 0 Å². The number of hydrogen-bond acceptors (Lipinski definition) is 5. The number of ether oxygens (including phenoxy) is 1. The van der Waals surface area contributed by atoms with Gasteiger partial charge in [0.05, 0.1) is 16.1 Å². The Kier molecular flexibility index (Phi) is 8.01. The summed E-state index contributed by atoms with van der Waals surface area (Å²) in [7, 11) is -2.48. The second-order valence-electron chi connectivity index (χ2n) is 7.64. The lowest BCUT2D eigenvalue weighted by Gasteiger charge is -2.20.